The minimum atomic E-state index is -0.181. The number of piperazine rings is 1. The molecule has 0 bridgehead atoms. The van der Waals surface area contributed by atoms with E-state index in [9.17, 15) is 9.59 Å². The average molecular weight is 434 g/mol. The lowest BCUT2D eigenvalue weighted by Gasteiger charge is -2.34. The van der Waals surface area contributed by atoms with Gasteiger partial charge in [0.25, 0.3) is 5.91 Å². The zero-order valence-corrected chi connectivity index (χ0v) is 18.5. The van der Waals surface area contributed by atoms with Crippen LogP contribution in [0.1, 0.15) is 37.4 Å². The Hall–Kier alpha value is -2.80. The summed E-state index contributed by atoms with van der Waals surface area (Å²) in [6, 6.07) is 22.1. The number of thiophene rings is 1. The van der Waals surface area contributed by atoms with Gasteiger partial charge in [-0.15, -0.1) is 11.3 Å². The van der Waals surface area contributed by atoms with E-state index in [1.54, 1.807) is 12.1 Å². The number of hydrogen-bond donors (Lipinski definition) is 1. The molecule has 1 fully saturated rings. The van der Waals surface area contributed by atoms with Crippen molar-refractivity contribution in [2.24, 2.45) is 0 Å². The van der Waals surface area contributed by atoms with Gasteiger partial charge < -0.3 is 5.32 Å². The van der Waals surface area contributed by atoms with Crippen molar-refractivity contribution in [3.05, 3.63) is 87.6 Å². The Balaban J connectivity index is 1.25. The maximum atomic E-state index is 12.4. The van der Waals surface area contributed by atoms with Gasteiger partial charge in [0.1, 0.15) is 0 Å². The molecular weight excluding hydrogens is 406 g/mol. The number of rotatable bonds is 7. The molecule has 31 heavy (non-hydrogen) atoms. The molecule has 2 heterocycles. The molecule has 5 nitrogen and oxygen atoms in total. The van der Waals surface area contributed by atoms with Crippen LogP contribution in [0.15, 0.2) is 66.7 Å². The molecule has 4 rings (SSSR count). The Labute approximate surface area is 187 Å². The quantitative estimate of drug-likeness (QED) is 0.557. The van der Waals surface area contributed by atoms with Crippen LogP contribution in [0.4, 0.5) is 5.69 Å². The molecule has 1 N–H and O–H groups in total. The van der Waals surface area contributed by atoms with Gasteiger partial charge >= 0.3 is 0 Å². The number of Topliss-reactive ketones (excluding diaryl/α,β-unsaturated/α-hetero) is 1. The van der Waals surface area contributed by atoms with Crippen LogP contribution in [0, 0.1) is 0 Å². The number of hydrogen-bond acceptors (Lipinski definition) is 5. The van der Waals surface area contributed by atoms with E-state index in [2.05, 4.69) is 57.6 Å². The second-order valence-electron chi connectivity index (χ2n) is 7.91. The van der Waals surface area contributed by atoms with Crippen LogP contribution in [-0.4, -0.2) is 47.7 Å². The first kappa shape index (κ1) is 21.4. The van der Waals surface area contributed by atoms with Crippen molar-refractivity contribution in [3.63, 3.8) is 0 Å². The molecule has 2 aromatic carbocycles. The van der Waals surface area contributed by atoms with E-state index in [1.807, 2.05) is 12.1 Å². The summed E-state index contributed by atoms with van der Waals surface area (Å²) in [6.45, 7) is 7.71. The first-order valence-electron chi connectivity index (χ1n) is 10.6. The number of benzene rings is 2. The van der Waals surface area contributed by atoms with E-state index in [4.69, 9.17) is 0 Å². The third-order valence-corrected chi connectivity index (χ3v) is 6.69. The van der Waals surface area contributed by atoms with Crippen LogP contribution in [-0.2, 0) is 13.1 Å². The lowest BCUT2D eigenvalue weighted by molar-refractivity contribution is 0.101. The third kappa shape index (κ3) is 5.88. The molecule has 160 valence electrons. The smallest absolute Gasteiger partial charge is 0.265 e. The van der Waals surface area contributed by atoms with Gasteiger partial charge in [-0.05, 0) is 42.3 Å². The second-order valence-corrected chi connectivity index (χ2v) is 8.99. The second kappa shape index (κ2) is 10.0. The van der Waals surface area contributed by atoms with E-state index < -0.39 is 0 Å². The topological polar surface area (TPSA) is 52.7 Å². The minimum Gasteiger partial charge on any atom is -0.321 e. The molecule has 0 aliphatic carbocycles. The van der Waals surface area contributed by atoms with Crippen LogP contribution in [0.3, 0.4) is 0 Å². The minimum absolute atomic E-state index is 0.0192. The van der Waals surface area contributed by atoms with Gasteiger partial charge in [-0.1, -0.05) is 42.5 Å². The summed E-state index contributed by atoms with van der Waals surface area (Å²) in [5.74, 6) is -0.200. The Morgan fingerprint density at radius 2 is 1.32 bits per heavy atom. The zero-order chi connectivity index (χ0) is 21.6. The normalized spacial score (nSPS) is 15.0. The maximum Gasteiger partial charge on any atom is 0.265 e. The van der Waals surface area contributed by atoms with Crippen molar-refractivity contribution in [2.45, 2.75) is 20.0 Å². The van der Waals surface area contributed by atoms with Crippen LogP contribution < -0.4 is 5.32 Å². The average Bonchev–Trinajstić information content (AvgIpc) is 3.28. The lowest BCUT2D eigenvalue weighted by Crippen LogP contribution is -2.45. The Bertz CT molecular complexity index is 1020. The first-order chi connectivity index (χ1) is 15.1. The van der Waals surface area contributed by atoms with E-state index in [-0.39, 0.29) is 11.7 Å². The monoisotopic (exact) mass is 433 g/mol. The molecule has 1 aliphatic rings. The Kier molecular flexibility index (Phi) is 6.92. The predicted octanol–water partition coefficient (Wildman–Crippen LogP) is 4.52. The van der Waals surface area contributed by atoms with Crippen LogP contribution in [0.5, 0.6) is 0 Å². The van der Waals surface area contributed by atoms with Crippen LogP contribution in [0.2, 0.25) is 0 Å². The maximum absolute atomic E-state index is 12.4. The largest absolute Gasteiger partial charge is 0.321 e. The van der Waals surface area contributed by atoms with E-state index >= 15 is 0 Å². The van der Waals surface area contributed by atoms with Crippen molar-refractivity contribution >= 4 is 28.7 Å². The number of anilines is 1. The summed E-state index contributed by atoms with van der Waals surface area (Å²) in [5.41, 5.74) is 3.37. The zero-order valence-electron chi connectivity index (χ0n) is 17.7. The molecule has 1 aliphatic heterocycles. The Morgan fingerprint density at radius 3 is 1.87 bits per heavy atom. The van der Waals surface area contributed by atoms with E-state index in [0.29, 0.717) is 9.75 Å². The molecule has 0 radical (unpaired) electrons. The van der Waals surface area contributed by atoms with Crippen molar-refractivity contribution in [1.29, 1.82) is 0 Å². The fourth-order valence-corrected chi connectivity index (χ4v) is 4.54. The van der Waals surface area contributed by atoms with Gasteiger partial charge in [-0.3, -0.25) is 19.4 Å². The molecule has 1 aromatic heterocycles. The molecule has 0 spiro atoms. The summed E-state index contributed by atoms with van der Waals surface area (Å²) in [7, 11) is 0. The van der Waals surface area contributed by atoms with Crippen molar-refractivity contribution < 1.29 is 9.59 Å². The molecule has 1 amide bonds. The standard InChI is InChI=1S/C25H27N3O2S/c1-19(29)23-11-12-24(31-23)25(30)26-22-9-7-21(8-10-22)18-28-15-13-27(14-16-28)17-20-5-3-2-4-6-20/h2-12H,13-18H2,1H3,(H,26,30). The van der Waals surface area contributed by atoms with Gasteiger partial charge in [0.15, 0.2) is 5.78 Å². The number of carbonyl (C=O) groups is 2. The van der Waals surface area contributed by atoms with Gasteiger partial charge in [-0.2, -0.15) is 0 Å². The van der Waals surface area contributed by atoms with Gasteiger partial charge in [-0.25, -0.2) is 0 Å². The lowest BCUT2D eigenvalue weighted by atomic mass is 10.1. The molecular formula is C25H27N3O2S. The Morgan fingerprint density at radius 1 is 0.774 bits per heavy atom. The number of carbonyl (C=O) groups excluding carboxylic acids is 2. The van der Waals surface area contributed by atoms with E-state index in [1.165, 1.54) is 29.4 Å². The molecule has 3 aromatic rings. The van der Waals surface area contributed by atoms with Gasteiger partial charge in [0.2, 0.25) is 0 Å². The summed E-state index contributed by atoms with van der Waals surface area (Å²) >= 11 is 1.22. The number of amides is 1. The first-order valence-corrected chi connectivity index (χ1v) is 11.4. The van der Waals surface area contributed by atoms with Gasteiger partial charge in [0.05, 0.1) is 9.75 Å². The van der Waals surface area contributed by atoms with Crippen molar-refractivity contribution in [1.82, 2.24) is 9.80 Å². The third-order valence-electron chi connectivity index (χ3n) is 5.51. The van der Waals surface area contributed by atoms with Crippen molar-refractivity contribution in [2.75, 3.05) is 31.5 Å². The highest BCUT2D eigenvalue weighted by Gasteiger charge is 2.17. The summed E-state index contributed by atoms with van der Waals surface area (Å²) in [5, 5.41) is 2.91. The van der Waals surface area contributed by atoms with Gasteiger partial charge in [0, 0.05) is 45.0 Å². The molecule has 1 saturated heterocycles. The highest BCUT2D eigenvalue weighted by Crippen LogP contribution is 2.20. The van der Waals surface area contributed by atoms with Crippen LogP contribution >= 0.6 is 11.3 Å². The molecule has 0 unspecified atom stereocenters. The number of nitrogens with zero attached hydrogens (tertiary/aromatic N) is 2. The molecule has 6 heteroatoms. The summed E-state index contributed by atoms with van der Waals surface area (Å²) < 4.78 is 0. The highest BCUT2D eigenvalue weighted by molar-refractivity contribution is 7.16. The summed E-state index contributed by atoms with van der Waals surface area (Å²) in [6.07, 6.45) is 0. The SMILES string of the molecule is CC(=O)c1ccc(C(=O)Nc2ccc(CN3CCN(Cc4ccccc4)CC3)cc2)s1. The fraction of sp³-hybridized carbons (Fsp3) is 0.280. The van der Waals surface area contributed by atoms with Crippen LogP contribution in [0.25, 0.3) is 0 Å². The predicted molar refractivity (Wildman–Crippen MR) is 126 cm³/mol. The van der Waals surface area contributed by atoms with E-state index in [0.717, 1.165) is 45.0 Å². The van der Waals surface area contributed by atoms with Crippen molar-refractivity contribution in [3.8, 4) is 0 Å². The fourth-order valence-electron chi connectivity index (χ4n) is 3.74. The number of nitrogens with one attached hydrogen (secondary N) is 1. The highest BCUT2D eigenvalue weighted by atomic mass is 32.1. The number of ketones is 1. The molecule has 0 atom stereocenters. The summed E-state index contributed by atoms with van der Waals surface area (Å²) in [4.78, 5) is 29.9. The molecule has 0 saturated carbocycles.